The predicted octanol–water partition coefficient (Wildman–Crippen LogP) is 4.23. The van der Waals surface area contributed by atoms with E-state index >= 15 is 0 Å². The van der Waals surface area contributed by atoms with Crippen LogP contribution in [0.3, 0.4) is 0 Å². The normalized spacial score (nSPS) is 10.8. The van der Waals surface area contributed by atoms with Crippen LogP contribution in [-0.4, -0.2) is 20.1 Å². The summed E-state index contributed by atoms with van der Waals surface area (Å²) in [5.74, 6) is 0.954. The van der Waals surface area contributed by atoms with Crippen molar-refractivity contribution >= 4 is 11.3 Å². The van der Waals surface area contributed by atoms with Gasteiger partial charge in [-0.3, -0.25) is 4.98 Å². The first kappa shape index (κ1) is 13.8. The lowest BCUT2D eigenvalue weighted by Crippen LogP contribution is -1.85. The van der Waals surface area contributed by atoms with E-state index in [1.165, 1.54) is 0 Å². The highest BCUT2D eigenvalue weighted by Gasteiger charge is 2.12. The lowest BCUT2D eigenvalue weighted by atomic mass is 10.1. The molecule has 3 aromatic heterocycles. The van der Waals surface area contributed by atoms with E-state index < -0.39 is 0 Å². The molecule has 0 amide bonds. The molecule has 0 spiro atoms. The summed E-state index contributed by atoms with van der Waals surface area (Å²) in [6.45, 7) is 2.00. The summed E-state index contributed by atoms with van der Waals surface area (Å²) in [6.07, 6.45) is 1.70. The van der Waals surface area contributed by atoms with E-state index in [-0.39, 0.29) is 0 Å². The van der Waals surface area contributed by atoms with Crippen LogP contribution in [0.1, 0.15) is 5.01 Å². The van der Waals surface area contributed by atoms with Crippen LogP contribution in [0.25, 0.3) is 34.2 Å². The molecule has 0 aliphatic carbocycles. The molecule has 3 heterocycles. The van der Waals surface area contributed by atoms with Crippen molar-refractivity contribution in [3.05, 3.63) is 59.0 Å². The Morgan fingerprint density at radius 2 is 1.87 bits per heavy atom. The van der Waals surface area contributed by atoms with Crippen LogP contribution in [0, 0.1) is 6.92 Å². The molecule has 0 aliphatic heterocycles. The van der Waals surface area contributed by atoms with Crippen LogP contribution in [0.4, 0.5) is 0 Å². The average molecular weight is 320 g/mol. The van der Waals surface area contributed by atoms with Gasteiger partial charge >= 0.3 is 0 Å². The van der Waals surface area contributed by atoms with Crippen LogP contribution < -0.4 is 0 Å². The largest absolute Gasteiger partial charge is 0.332 e. The summed E-state index contributed by atoms with van der Waals surface area (Å²) >= 11 is 1.63. The zero-order chi connectivity index (χ0) is 15.6. The molecular weight excluding hydrogens is 308 g/mol. The van der Waals surface area contributed by atoms with Gasteiger partial charge in [-0.25, -0.2) is 4.98 Å². The van der Waals surface area contributed by atoms with E-state index in [2.05, 4.69) is 20.1 Å². The van der Waals surface area contributed by atoms with E-state index in [9.17, 15) is 0 Å². The van der Waals surface area contributed by atoms with Gasteiger partial charge in [-0.2, -0.15) is 4.98 Å². The van der Waals surface area contributed by atoms with E-state index in [0.29, 0.717) is 17.4 Å². The molecule has 0 bridgehead atoms. The highest BCUT2D eigenvalue weighted by atomic mass is 32.1. The number of hydrogen-bond donors (Lipinski definition) is 0. The van der Waals surface area contributed by atoms with Crippen molar-refractivity contribution < 1.29 is 4.52 Å². The van der Waals surface area contributed by atoms with Crippen LogP contribution >= 0.6 is 11.3 Å². The fraction of sp³-hybridized carbons (Fsp3) is 0.0588. The highest BCUT2D eigenvalue weighted by Crippen LogP contribution is 2.27. The first-order chi connectivity index (χ1) is 11.3. The summed E-state index contributed by atoms with van der Waals surface area (Å²) < 4.78 is 5.32. The molecular formula is C17H12N4OS. The Kier molecular flexibility index (Phi) is 3.44. The summed E-state index contributed by atoms with van der Waals surface area (Å²) in [5, 5.41) is 7.15. The van der Waals surface area contributed by atoms with Gasteiger partial charge in [0.05, 0.1) is 10.7 Å². The standard InChI is InChI=1S/C17H12N4OS/c1-11-19-15(10-23-11)12-5-4-6-13(9-12)16-20-17(22-21-16)14-7-2-3-8-18-14/h2-10H,1H3. The molecule has 0 radical (unpaired) electrons. The van der Waals surface area contributed by atoms with Gasteiger partial charge in [0.25, 0.3) is 5.89 Å². The molecule has 23 heavy (non-hydrogen) atoms. The number of pyridine rings is 1. The third-order valence-corrected chi connectivity index (χ3v) is 4.12. The van der Waals surface area contributed by atoms with E-state index in [1.807, 2.05) is 54.8 Å². The second kappa shape index (κ2) is 5.73. The number of aromatic nitrogens is 4. The molecule has 0 atom stereocenters. The van der Waals surface area contributed by atoms with Gasteiger partial charge in [-0.1, -0.05) is 29.4 Å². The molecule has 4 aromatic rings. The zero-order valence-electron chi connectivity index (χ0n) is 12.3. The first-order valence-electron chi connectivity index (χ1n) is 7.08. The summed E-state index contributed by atoms with van der Waals surface area (Å²) in [4.78, 5) is 13.2. The van der Waals surface area contributed by atoms with Gasteiger partial charge in [0, 0.05) is 22.7 Å². The number of benzene rings is 1. The van der Waals surface area contributed by atoms with E-state index in [4.69, 9.17) is 4.52 Å². The molecule has 112 valence electrons. The number of thiazole rings is 1. The van der Waals surface area contributed by atoms with Gasteiger partial charge in [-0.15, -0.1) is 11.3 Å². The van der Waals surface area contributed by atoms with E-state index in [1.54, 1.807) is 17.5 Å². The predicted molar refractivity (Wildman–Crippen MR) is 88.8 cm³/mol. The maximum absolute atomic E-state index is 5.32. The molecule has 1 aromatic carbocycles. The molecule has 6 heteroatoms. The SMILES string of the molecule is Cc1nc(-c2cccc(-c3noc(-c4ccccn4)n3)c2)cs1. The fourth-order valence-electron chi connectivity index (χ4n) is 2.25. The maximum atomic E-state index is 5.32. The lowest BCUT2D eigenvalue weighted by Gasteiger charge is -1.99. The number of nitrogens with zero attached hydrogens (tertiary/aromatic N) is 4. The van der Waals surface area contributed by atoms with Gasteiger partial charge in [0.1, 0.15) is 5.69 Å². The Balaban J connectivity index is 1.70. The Morgan fingerprint density at radius 3 is 2.65 bits per heavy atom. The lowest BCUT2D eigenvalue weighted by molar-refractivity contribution is 0.431. The number of rotatable bonds is 3. The van der Waals surface area contributed by atoms with Crippen molar-refractivity contribution in [1.29, 1.82) is 0 Å². The molecule has 0 saturated carbocycles. The average Bonchev–Trinajstić information content (AvgIpc) is 3.25. The molecule has 5 nitrogen and oxygen atoms in total. The third-order valence-electron chi connectivity index (χ3n) is 3.35. The zero-order valence-corrected chi connectivity index (χ0v) is 13.1. The van der Waals surface area contributed by atoms with Gasteiger partial charge in [-0.05, 0) is 25.1 Å². The Bertz CT molecular complexity index is 946. The van der Waals surface area contributed by atoms with Crippen molar-refractivity contribution in [2.45, 2.75) is 6.92 Å². The summed E-state index contributed by atoms with van der Waals surface area (Å²) in [6, 6.07) is 13.5. The molecule has 0 saturated heterocycles. The quantitative estimate of drug-likeness (QED) is 0.565. The van der Waals surface area contributed by atoms with Crippen molar-refractivity contribution in [2.75, 3.05) is 0 Å². The molecule has 0 aliphatic rings. The minimum atomic E-state index is 0.413. The molecule has 0 unspecified atom stereocenters. The maximum Gasteiger partial charge on any atom is 0.276 e. The fourth-order valence-corrected chi connectivity index (χ4v) is 2.87. The van der Waals surface area contributed by atoms with Crippen LogP contribution in [0.5, 0.6) is 0 Å². The van der Waals surface area contributed by atoms with Crippen LogP contribution in [-0.2, 0) is 0 Å². The minimum Gasteiger partial charge on any atom is -0.332 e. The molecule has 4 rings (SSSR count). The number of aryl methyl sites for hydroxylation is 1. The smallest absolute Gasteiger partial charge is 0.276 e. The van der Waals surface area contributed by atoms with Gasteiger partial charge in [0.15, 0.2) is 0 Å². The van der Waals surface area contributed by atoms with Crippen LogP contribution in [0.15, 0.2) is 58.6 Å². The van der Waals surface area contributed by atoms with Gasteiger partial charge < -0.3 is 4.52 Å². The van der Waals surface area contributed by atoms with E-state index in [0.717, 1.165) is 21.8 Å². The third kappa shape index (κ3) is 2.76. The highest BCUT2D eigenvalue weighted by molar-refractivity contribution is 7.09. The van der Waals surface area contributed by atoms with Crippen molar-refractivity contribution in [1.82, 2.24) is 20.1 Å². The second-order valence-corrected chi connectivity index (χ2v) is 6.03. The topological polar surface area (TPSA) is 64.7 Å². The Hall–Kier alpha value is -2.86. The second-order valence-electron chi connectivity index (χ2n) is 4.97. The minimum absolute atomic E-state index is 0.413. The van der Waals surface area contributed by atoms with Crippen molar-refractivity contribution in [2.24, 2.45) is 0 Å². The van der Waals surface area contributed by atoms with Crippen molar-refractivity contribution in [3.63, 3.8) is 0 Å². The summed E-state index contributed by atoms with van der Waals surface area (Å²) in [7, 11) is 0. The monoisotopic (exact) mass is 320 g/mol. The Morgan fingerprint density at radius 1 is 0.957 bits per heavy atom. The first-order valence-corrected chi connectivity index (χ1v) is 7.95. The number of hydrogen-bond acceptors (Lipinski definition) is 6. The van der Waals surface area contributed by atoms with Gasteiger partial charge in [0.2, 0.25) is 5.82 Å². The Labute approximate surface area is 136 Å². The molecule has 0 fully saturated rings. The molecule has 0 N–H and O–H groups in total. The summed E-state index contributed by atoms with van der Waals surface area (Å²) in [5.41, 5.74) is 3.55. The van der Waals surface area contributed by atoms with Crippen molar-refractivity contribution in [3.8, 4) is 34.2 Å². The van der Waals surface area contributed by atoms with Crippen LogP contribution in [0.2, 0.25) is 0 Å².